The number of nitrogens with one attached hydrogen (secondary N) is 1. The highest BCUT2D eigenvalue weighted by Crippen LogP contribution is 2.19. The molecule has 0 radical (unpaired) electrons. The first-order chi connectivity index (χ1) is 7.07. The average molecular weight is 236 g/mol. The van der Waals surface area contributed by atoms with E-state index in [2.05, 4.69) is 5.32 Å². The Labute approximate surface area is 94.9 Å². The molecule has 1 aliphatic heterocycles. The van der Waals surface area contributed by atoms with E-state index < -0.39 is 5.60 Å². The van der Waals surface area contributed by atoms with Crippen LogP contribution in [0.1, 0.15) is 19.8 Å². The standard InChI is InChI=1S/C10H18ClNO3/c1-8(6-11)9(13)12-7-10(14)2-4-15-5-3-10/h8,14H,2-7H2,1H3,(H,12,13). The molecule has 1 fully saturated rings. The fraction of sp³-hybridized carbons (Fsp3) is 0.900. The van der Waals surface area contributed by atoms with Crippen LogP contribution < -0.4 is 5.32 Å². The maximum absolute atomic E-state index is 11.4. The second kappa shape index (κ2) is 5.68. The molecule has 5 heteroatoms. The van der Waals surface area contributed by atoms with Crippen LogP contribution >= 0.6 is 11.6 Å². The van der Waals surface area contributed by atoms with Crippen molar-refractivity contribution in [1.29, 1.82) is 0 Å². The van der Waals surface area contributed by atoms with Crippen molar-refractivity contribution in [3.8, 4) is 0 Å². The fourth-order valence-corrected chi connectivity index (χ4v) is 1.56. The van der Waals surface area contributed by atoms with Gasteiger partial charge < -0.3 is 15.2 Å². The van der Waals surface area contributed by atoms with E-state index in [1.165, 1.54) is 0 Å². The molecule has 4 nitrogen and oxygen atoms in total. The first-order valence-corrected chi connectivity index (χ1v) is 5.75. The van der Waals surface area contributed by atoms with E-state index in [1.807, 2.05) is 0 Å². The minimum atomic E-state index is -0.806. The molecule has 0 bridgehead atoms. The summed E-state index contributed by atoms with van der Waals surface area (Å²) in [6, 6.07) is 0. The van der Waals surface area contributed by atoms with Gasteiger partial charge in [0.2, 0.25) is 5.91 Å². The predicted octanol–water partition coefficient (Wildman–Crippen LogP) is 0.519. The number of carbonyl (C=O) groups excluding carboxylic acids is 1. The van der Waals surface area contributed by atoms with Gasteiger partial charge >= 0.3 is 0 Å². The summed E-state index contributed by atoms with van der Waals surface area (Å²) in [4.78, 5) is 11.4. The molecule has 88 valence electrons. The van der Waals surface area contributed by atoms with Gasteiger partial charge in [0.25, 0.3) is 0 Å². The van der Waals surface area contributed by atoms with Crippen LogP contribution in [-0.4, -0.2) is 42.3 Å². The summed E-state index contributed by atoms with van der Waals surface area (Å²) in [5.74, 6) is -0.0204. The third kappa shape index (κ3) is 3.97. The van der Waals surface area contributed by atoms with E-state index in [0.29, 0.717) is 31.9 Å². The Morgan fingerprint density at radius 3 is 2.73 bits per heavy atom. The molecule has 0 aromatic rings. The Morgan fingerprint density at radius 1 is 1.60 bits per heavy atom. The molecule has 1 rings (SSSR count). The number of hydrogen-bond acceptors (Lipinski definition) is 3. The Balaban J connectivity index is 2.31. The molecule has 1 aliphatic rings. The highest BCUT2D eigenvalue weighted by atomic mass is 35.5. The normalized spacial score (nSPS) is 22.1. The molecule has 0 aliphatic carbocycles. The summed E-state index contributed by atoms with van der Waals surface area (Å²) >= 11 is 5.56. The summed E-state index contributed by atoms with van der Waals surface area (Å²) in [6.07, 6.45) is 1.14. The molecule has 1 atom stereocenters. The minimum Gasteiger partial charge on any atom is -0.388 e. The zero-order valence-electron chi connectivity index (χ0n) is 8.96. The highest BCUT2D eigenvalue weighted by molar-refractivity contribution is 6.19. The van der Waals surface area contributed by atoms with Crippen molar-refractivity contribution in [2.75, 3.05) is 25.6 Å². The molecule has 0 aromatic heterocycles. The lowest BCUT2D eigenvalue weighted by Gasteiger charge is -2.32. The molecule has 1 saturated heterocycles. The maximum atomic E-state index is 11.4. The SMILES string of the molecule is CC(CCl)C(=O)NCC1(O)CCOCC1. The number of hydrogen-bond donors (Lipinski definition) is 2. The van der Waals surface area contributed by atoms with Gasteiger partial charge in [-0.05, 0) is 0 Å². The second-order valence-corrected chi connectivity index (χ2v) is 4.42. The van der Waals surface area contributed by atoms with Crippen LogP contribution in [-0.2, 0) is 9.53 Å². The van der Waals surface area contributed by atoms with Gasteiger partial charge in [0, 0.05) is 44.4 Å². The summed E-state index contributed by atoms with van der Waals surface area (Å²) in [5.41, 5.74) is -0.806. The smallest absolute Gasteiger partial charge is 0.224 e. The molecule has 1 amide bonds. The van der Waals surface area contributed by atoms with E-state index in [-0.39, 0.29) is 18.4 Å². The Kier molecular flexibility index (Phi) is 4.83. The van der Waals surface area contributed by atoms with E-state index in [9.17, 15) is 9.90 Å². The van der Waals surface area contributed by atoms with E-state index in [1.54, 1.807) is 6.92 Å². The minimum absolute atomic E-state index is 0.107. The first-order valence-electron chi connectivity index (χ1n) is 5.21. The number of ether oxygens (including phenoxy) is 1. The van der Waals surface area contributed by atoms with Crippen LogP contribution in [0.5, 0.6) is 0 Å². The van der Waals surface area contributed by atoms with Crippen LogP contribution in [0.3, 0.4) is 0 Å². The van der Waals surface area contributed by atoms with Gasteiger partial charge in [0.1, 0.15) is 0 Å². The molecule has 15 heavy (non-hydrogen) atoms. The number of rotatable bonds is 4. The lowest BCUT2D eigenvalue weighted by Crippen LogP contribution is -2.47. The van der Waals surface area contributed by atoms with Crippen molar-refractivity contribution < 1.29 is 14.6 Å². The second-order valence-electron chi connectivity index (χ2n) is 4.11. The van der Waals surface area contributed by atoms with Gasteiger partial charge in [-0.15, -0.1) is 11.6 Å². The number of halogens is 1. The topological polar surface area (TPSA) is 58.6 Å². The monoisotopic (exact) mass is 235 g/mol. The number of carbonyl (C=O) groups is 1. The summed E-state index contributed by atoms with van der Waals surface area (Å²) < 4.78 is 5.15. The number of amides is 1. The van der Waals surface area contributed by atoms with E-state index in [4.69, 9.17) is 16.3 Å². The highest BCUT2D eigenvalue weighted by Gasteiger charge is 2.30. The Morgan fingerprint density at radius 2 is 2.20 bits per heavy atom. The van der Waals surface area contributed by atoms with Gasteiger partial charge in [0.15, 0.2) is 0 Å². The van der Waals surface area contributed by atoms with Gasteiger partial charge in [-0.25, -0.2) is 0 Å². The molecule has 0 spiro atoms. The lowest BCUT2D eigenvalue weighted by molar-refractivity contribution is -0.126. The predicted molar refractivity (Wildman–Crippen MR) is 57.9 cm³/mol. The van der Waals surface area contributed by atoms with Gasteiger partial charge in [-0.1, -0.05) is 6.92 Å². The number of alkyl halides is 1. The van der Waals surface area contributed by atoms with Crippen LogP contribution in [0.25, 0.3) is 0 Å². The molecule has 0 saturated carbocycles. The van der Waals surface area contributed by atoms with Crippen LogP contribution in [0.15, 0.2) is 0 Å². The molecule has 1 unspecified atom stereocenters. The summed E-state index contributed by atoms with van der Waals surface area (Å²) in [6.45, 7) is 3.15. The zero-order valence-corrected chi connectivity index (χ0v) is 9.72. The lowest BCUT2D eigenvalue weighted by atomic mass is 9.94. The van der Waals surface area contributed by atoms with Crippen molar-refractivity contribution in [3.63, 3.8) is 0 Å². The quantitative estimate of drug-likeness (QED) is 0.699. The Hall–Kier alpha value is -0.320. The summed E-state index contributed by atoms with van der Waals surface area (Å²) in [5, 5.41) is 12.8. The van der Waals surface area contributed by atoms with Crippen LogP contribution in [0.2, 0.25) is 0 Å². The van der Waals surface area contributed by atoms with E-state index >= 15 is 0 Å². The van der Waals surface area contributed by atoms with Gasteiger partial charge in [-0.2, -0.15) is 0 Å². The number of aliphatic hydroxyl groups is 1. The van der Waals surface area contributed by atoms with Crippen molar-refractivity contribution in [3.05, 3.63) is 0 Å². The van der Waals surface area contributed by atoms with Crippen molar-refractivity contribution in [2.45, 2.75) is 25.4 Å². The fourth-order valence-electron chi connectivity index (χ4n) is 1.42. The van der Waals surface area contributed by atoms with Crippen LogP contribution in [0.4, 0.5) is 0 Å². The molecule has 0 aromatic carbocycles. The first kappa shape index (κ1) is 12.7. The van der Waals surface area contributed by atoms with Crippen LogP contribution in [0, 0.1) is 5.92 Å². The Bertz CT molecular complexity index is 217. The third-order valence-electron chi connectivity index (χ3n) is 2.69. The van der Waals surface area contributed by atoms with Gasteiger partial charge in [0.05, 0.1) is 5.60 Å². The maximum Gasteiger partial charge on any atom is 0.224 e. The zero-order chi connectivity index (χ0) is 11.3. The largest absolute Gasteiger partial charge is 0.388 e. The van der Waals surface area contributed by atoms with Crippen molar-refractivity contribution in [2.24, 2.45) is 5.92 Å². The summed E-state index contributed by atoms with van der Waals surface area (Å²) in [7, 11) is 0. The van der Waals surface area contributed by atoms with Crippen molar-refractivity contribution >= 4 is 17.5 Å². The molecule has 1 heterocycles. The van der Waals surface area contributed by atoms with Crippen molar-refractivity contribution in [1.82, 2.24) is 5.32 Å². The van der Waals surface area contributed by atoms with Gasteiger partial charge in [-0.3, -0.25) is 4.79 Å². The molecular weight excluding hydrogens is 218 g/mol. The average Bonchev–Trinajstić information content (AvgIpc) is 2.26. The van der Waals surface area contributed by atoms with E-state index in [0.717, 1.165) is 0 Å². The molecular formula is C10H18ClNO3. The molecule has 2 N–H and O–H groups in total. The third-order valence-corrected chi connectivity index (χ3v) is 3.16.